The molecule has 4 aromatic rings. The first kappa shape index (κ1) is 64.3. The number of aromatic nitrogens is 1. The molecule has 0 bridgehead atoms. The summed E-state index contributed by atoms with van der Waals surface area (Å²) in [5.41, 5.74) is 18.3. The van der Waals surface area contributed by atoms with Crippen molar-refractivity contribution in [1.82, 2.24) is 42.2 Å². The number of carbonyl (C=O) groups is 8. The van der Waals surface area contributed by atoms with Gasteiger partial charge in [0.1, 0.15) is 47.6 Å². The number of H-pyrrole nitrogens is 1. The van der Waals surface area contributed by atoms with Crippen molar-refractivity contribution in [3.8, 4) is 5.75 Å². The number of rotatable bonds is 32. The van der Waals surface area contributed by atoms with E-state index in [1.807, 2.05) is 32.0 Å². The summed E-state index contributed by atoms with van der Waals surface area (Å²) in [4.78, 5) is 117. The van der Waals surface area contributed by atoms with Crippen molar-refractivity contribution in [2.75, 3.05) is 13.1 Å². The highest BCUT2D eigenvalue weighted by molar-refractivity contribution is 7.81. The first-order chi connectivity index (χ1) is 37.8. The van der Waals surface area contributed by atoms with Crippen molar-refractivity contribution in [2.45, 2.75) is 147 Å². The van der Waals surface area contributed by atoms with E-state index in [2.05, 4.69) is 51.4 Å². The van der Waals surface area contributed by atoms with Crippen LogP contribution in [0, 0.1) is 0 Å². The number of amides is 8. The summed E-state index contributed by atoms with van der Waals surface area (Å²) in [6.45, 7) is 8.06. The van der Waals surface area contributed by atoms with Crippen molar-refractivity contribution in [3.05, 3.63) is 102 Å². The second-order valence-electron chi connectivity index (χ2n) is 20.0. The van der Waals surface area contributed by atoms with E-state index in [0.717, 1.165) is 16.5 Å². The number of guanidine groups is 1. The zero-order chi connectivity index (χ0) is 59.0. The molecule has 0 saturated carbocycles. The van der Waals surface area contributed by atoms with Gasteiger partial charge in [-0.25, -0.2) is 4.79 Å². The first-order valence-electron chi connectivity index (χ1n) is 26.3. The molecule has 0 radical (unpaired) electrons. The molecule has 0 aliphatic rings. The topological polar surface area (TPSA) is 400 Å². The van der Waals surface area contributed by atoms with Gasteiger partial charge >= 0.3 is 16.5 Å². The van der Waals surface area contributed by atoms with Crippen LogP contribution in [0.3, 0.4) is 0 Å². The zero-order valence-electron chi connectivity index (χ0n) is 45.7. The number of hydrogen-bond donors (Lipinski definition) is 12. The van der Waals surface area contributed by atoms with Crippen LogP contribution in [-0.4, -0.2) is 126 Å². The van der Waals surface area contributed by atoms with Crippen LogP contribution < -0.4 is 58.6 Å². The molecule has 436 valence electrons. The fourth-order valence-electron chi connectivity index (χ4n) is 8.25. The molecule has 4 rings (SSSR count). The maximum absolute atomic E-state index is 14.5. The van der Waals surface area contributed by atoms with Gasteiger partial charge in [-0.1, -0.05) is 100 Å². The molecule has 0 fully saturated rings. The van der Waals surface area contributed by atoms with Gasteiger partial charge in [-0.05, 0) is 81.3 Å². The number of hydrogen-bond acceptors (Lipinski definition) is 13. The third-order valence-electron chi connectivity index (χ3n) is 12.2. The van der Waals surface area contributed by atoms with Crippen LogP contribution in [0.5, 0.6) is 5.75 Å². The minimum atomic E-state index is -4.82. The number of nitrogens with one attached hydrogen (secondary N) is 8. The maximum Gasteiger partial charge on any atom is 0.446 e. The molecule has 8 amide bonds. The Labute approximate surface area is 465 Å². The average molecular weight is 1130 g/mol. The van der Waals surface area contributed by atoms with E-state index in [0.29, 0.717) is 36.8 Å². The van der Waals surface area contributed by atoms with E-state index in [4.69, 9.17) is 26.5 Å². The van der Waals surface area contributed by atoms with Gasteiger partial charge in [-0.3, -0.25) is 43.1 Å². The molecule has 0 aliphatic heterocycles. The zero-order valence-corrected chi connectivity index (χ0v) is 46.5. The Morgan fingerprint density at radius 3 is 1.66 bits per heavy atom. The van der Waals surface area contributed by atoms with Gasteiger partial charge in [0, 0.05) is 42.9 Å². The lowest BCUT2D eigenvalue weighted by Gasteiger charge is -2.26. The molecule has 0 saturated heterocycles. The van der Waals surface area contributed by atoms with Gasteiger partial charge in [0.2, 0.25) is 41.4 Å². The monoisotopic (exact) mass is 1130 g/mol. The number of nitrogens with two attached hydrogens (primary N) is 3. The van der Waals surface area contributed by atoms with Gasteiger partial charge in [0.05, 0.1) is 6.54 Å². The quantitative estimate of drug-likeness (QED) is 0.0143. The predicted octanol–water partition coefficient (Wildman–Crippen LogP) is 1.73. The number of ether oxygens (including phenoxy) is 1. The first-order valence-corrected chi connectivity index (χ1v) is 27.7. The fourth-order valence-corrected chi connectivity index (χ4v) is 8.61. The number of benzene rings is 3. The summed E-state index contributed by atoms with van der Waals surface area (Å²) in [5, 5.41) is 19.3. The van der Waals surface area contributed by atoms with Crippen LogP contribution in [0.4, 0.5) is 4.79 Å². The van der Waals surface area contributed by atoms with E-state index in [1.165, 1.54) is 24.3 Å². The minimum Gasteiger partial charge on any atom is -0.444 e. The third-order valence-corrected chi connectivity index (χ3v) is 12.6. The number of carbonyl (C=O) groups excluding carboxylic acids is 8. The van der Waals surface area contributed by atoms with E-state index in [9.17, 15) is 46.8 Å². The Morgan fingerprint density at radius 1 is 0.613 bits per heavy atom. The number of primary amides is 1. The largest absolute Gasteiger partial charge is 0.446 e. The Morgan fingerprint density at radius 2 is 1.11 bits per heavy atom. The van der Waals surface area contributed by atoms with E-state index in [1.54, 1.807) is 63.4 Å². The summed E-state index contributed by atoms with van der Waals surface area (Å²) < 4.78 is 41.4. The molecule has 3 aromatic carbocycles. The van der Waals surface area contributed by atoms with Gasteiger partial charge in [0.15, 0.2) is 5.96 Å². The number of para-hydroxylation sites is 1. The van der Waals surface area contributed by atoms with Gasteiger partial charge in [-0.2, -0.15) is 8.42 Å². The summed E-state index contributed by atoms with van der Waals surface area (Å²) in [6.07, 6.45) is 3.17. The normalized spacial score (nSPS) is 13.6. The van der Waals surface area contributed by atoms with Crippen molar-refractivity contribution in [2.24, 2.45) is 22.2 Å². The lowest BCUT2D eigenvalue weighted by Crippen LogP contribution is -2.59. The Bertz CT molecular complexity index is 2870. The van der Waals surface area contributed by atoms with Crippen molar-refractivity contribution >= 4 is 74.7 Å². The predicted molar refractivity (Wildman–Crippen MR) is 298 cm³/mol. The molecule has 0 spiro atoms. The molecule has 0 unspecified atom stereocenters. The highest BCUT2D eigenvalue weighted by Gasteiger charge is 2.33. The molecule has 80 heavy (non-hydrogen) atoms. The average Bonchev–Trinajstić information content (AvgIpc) is 3.80. The van der Waals surface area contributed by atoms with Gasteiger partial charge < -0.3 is 68.3 Å². The molecular formula is C54H76N12O13S. The summed E-state index contributed by atoms with van der Waals surface area (Å²) in [7, 11) is -4.82. The minimum absolute atomic E-state index is 0.0196. The number of unbranched alkanes of at least 4 members (excludes halogenated alkanes) is 2. The second kappa shape index (κ2) is 31.4. The van der Waals surface area contributed by atoms with E-state index < -0.39 is 106 Å². The maximum atomic E-state index is 14.5. The standard InChI is InChI=1S/C54H76N12O13S/c1-6-8-19-39(62-50(72)43(66-53(74)78-54(3,4)5)29-34-23-25-36(26-24-34)79-80(75,76)77)47(69)60-32-45(67)61-44(30-35-31-59-38-21-14-13-18-37(35)38)51(73)64-40(20-9-7-2)48(70)63-41(22-15-27-58-52(56)57)49(71)65-42(46(55)68)28-33-16-11-10-12-17-33/h10-14,16-18,21,23-26,31,39-44,59H,6-9,15,19-20,22,27-30,32H2,1-5H3,(H2,55,68)(H,60,69)(H,61,67)(H,62,72)(H,63,70)(H,64,73)(H,65,71)(H,66,74)(H4,56,57,58)(H,75,76,77)/t39-,40-,41-,42-,43-,44-/m0/s1. The van der Waals surface area contributed by atoms with Crippen LogP contribution in [0.1, 0.15) is 103 Å². The van der Waals surface area contributed by atoms with Crippen LogP contribution in [0.15, 0.2) is 90.1 Å². The summed E-state index contributed by atoms with van der Waals surface area (Å²) >= 11 is 0. The Balaban J connectivity index is 1.55. The van der Waals surface area contributed by atoms with E-state index in [-0.39, 0.29) is 63.2 Å². The molecule has 26 heteroatoms. The van der Waals surface area contributed by atoms with Crippen molar-refractivity contribution in [3.63, 3.8) is 0 Å². The van der Waals surface area contributed by atoms with E-state index >= 15 is 0 Å². The summed E-state index contributed by atoms with van der Waals surface area (Å²) in [6, 6.07) is 13.9. The third kappa shape index (κ3) is 23.0. The van der Waals surface area contributed by atoms with Gasteiger partial charge in [0.25, 0.3) is 0 Å². The Hall–Kier alpha value is -8.26. The number of aliphatic imine (C=N–C) groups is 1. The van der Waals surface area contributed by atoms with Crippen LogP contribution >= 0.6 is 0 Å². The molecule has 6 atom stereocenters. The van der Waals surface area contributed by atoms with Crippen molar-refractivity contribution < 1.29 is 60.2 Å². The van der Waals surface area contributed by atoms with Gasteiger partial charge in [-0.15, -0.1) is 0 Å². The highest BCUT2D eigenvalue weighted by atomic mass is 32.3. The number of aromatic amines is 1. The van der Waals surface area contributed by atoms with Crippen LogP contribution in [-0.2, 0) is 68.0 Å². The van der Waals surface area contributed by atoms with Crippen LogP contribution in [0.25, 0.3) is 10.9 Å². The highest BCUT2D eigenvalue weighted by Crippen LogP contribution is 2.20. The molecule has 25 nitrogen and oxygen atoms in total. The van der Waals surface area contributed by atoms with Crippen molar-refractivity contribution in [1.29, 1.82) is 0 Å². The number of fused-ring (bicyclic) bond motifs is 1. The molecule has 15 N–H and O–H groups in total. The lowest BCUT2D eigenvalue weighted by atomic mass is 10.0. The number of nitrogens with zero attached hydrogens (tertiary/aromatic N) is 1. The fraction of sp³-hybridized carbons (Fsp3) is 0.463. The molecular weight excluding hydrogens is 1060 g/mol. The lowest BCUT2D eigenvalue weighted by molar-refractivity contribution is -0.134. The molecule has 1 aromatic heterocycles. The van der Waals surface area contributed by atoms with Crippen LogP contribution in [0.2, 0.25) is 0 Å². The molecule has 1 heterocycles. The molecule has 0 aliphatic carbocycles. The SMILES string of the molecule is CCCC[C@H](NC(=O)[C@H](Cc1ccc(OS(=O)(=O)O)cc1)NC(=O)OC(C)(C)C)C(=O)NCC(=O)N[C@@H](Cc1c[nH]c2ccccc12)C(=O)N[C@@H](CCCC)C(=O)N[C@@H](CCCN=C(N)N)C(=O)N[C@@H](Cc1ccccc1)C(N)=O. The number of alkyl carbamates (subject to hydrolysis) is 1. The Kier molecular flexibility index (Phi) is 25.2. The summed E-state index contributed by atoms with van der Waals surface area (Å²) in [5.74, 6) is -5.80. The second-order valence-corrected chi connectivity index (χ2v) is 21.1. The smallest absolute Gasteiger partial charge is 0.444 e.